The Bertz CT molecular complexity index is 180. The molecule has 1 rings (SSSR count). The zero-order chi connectivity index (χ0) is 8.10. The SMILES string of the molecule is CN1C=CN(CCCC#N)C1. The van der Waals surface area contributed by atoms with Crippen LogP contribution in [0.15, 0.2) is 12.4 Å². The number of nitriles is 1. The zero-order valence-corrected chi connectivity index (χ0v) is 6.82. The Hall–Kier alpha value is -1.17. The van der Waals surface area contributed by atoms with Crippen LogP contribution in [0.4, 0.5) is 0 Å². The Labute approximate surface area is 67.5 Å². The number of nitrogens with zero attached hydrogens (tertiary/aromatic N) is 3. The Morgan fingerprint density at radius 1 is 1.55 bits per heavy atom. The van der Waals surface area contributed by atoms with Gasteiger partial charge in [-0.2, -0.15) is 5.26 Å². The van der Waals surface area contributed by atoms with Gasteiger partial charge in [0.2, 0.25) is 0 Å². The first kappa shape index (κ1) is 7.93. The fourth-order valence-corrected chi connectivity index (χ4v) is 1.10. The van der Waals surface area contributed by atoms with E-state index >= 15 is 0 Å². The molecule has 11 heavy (non-hydrogen) atoms. The smallest absolute Gasteiger partial charge is 0.0890 e. The van der Waals surface area contributed by atoms with Crippen LogP contribution in [0.25, 0.3) is 0 Å². The molecular formula is C8H13N3. The summed E-state index contributed by atoms with van der Waals surface area (Å²) in [4.78, 5) is 4.32. The second-order valence-corrected chi connectivity index (χ2v) is 2.77. The molecule has 0 fully saturated rings. The third kappa shape index (κ3) is 2.50. The van der Waals surface area contributed by atoms with Crippen LogP contribution in [-0.2, 0) is 0 Å². The standard InChI is InChI=1S/C8H13N3/c1-10-6-7-11(8-10)5-3-2-4-9/h6-7H,2-3,5,8H2,1H3. The molecule has 0 spiro atoms. The molecule has 60 valence electrons. The van der Waals surface area contributed by atoms with E-state index in [4.69, 9.17) is 5.26 Å². The van der Waals surface area contributed by atoms with Crippen molar-refractivity contribution in [2.75, 3.05) is 20.3 Å². The van der Waals surface area contributed by atoms with Gasteiger partial charge in [0, 0.05) is 32.4 Å². The Morgan fingerprint density at radius 2 is 2.36 bits per heavy atom. The van der Waals surface area contributed by atoms with Gasteiger partial charge in [0.15, 0.2) is 0 Å². The van der Waals surface area contributed by atoms with Crippen molar-refractivity contribution in [3.05, 3.63) is 12.4 Å². The topological polar surface area (TPSA) is 30.3 Å². The maximum absolute atomic E-state index is 8.30. The fourth-order valence-electron chi connectivity index (χ4n) is 1.10. The van der Waals surface area contributed by atoms with Gasteiger partial charge in [0.05, 0.1) is 12.7 Å². The van der Waals surface area contributed by atoms with Gasteiger partial charge >= 0.3 is 0 Å². The van der Waals surface area contributed by atoms with Gasteiger partial charge in [0.25, 0.3) is 0 Å². The minimum absolute atomic E-state index is 0.661. The molecule has 0 aliphatic carbocycles. The van der Waals surface area contributed by atoms with Crippen LogP contribution in [0.5, 0.6) is 0 Å². The van der Waals surface area contributed by atoms with Crippen molar-refractivity contribution < 1.29 is 0 Å². The molecule has 1 heterocycles. The summed E-state index contributed by atoms with van der Waals surface area (Å²) in [7, 11) is 2.04. The monoisotopic (exact) mass is 151 g/mol. The molecule has 3 nitrogen and oxygen atoms in total. The molecule has 1 aliphatic rings. The average Bonchev–Trinajstić information content (AvgIpc) is 2.37. The summed E-state index contributed by atoms with van der Waals surface area (Å²) in [6, 6.07) is 2.14. The van der Waals surface area contributed by atoms with E-state index in [1.807, 2.05) is 13.2 Å². The average molecular weight is 151 g/mol. The quantitative estimate of drug-likeness (QED) is 0.563. The highest BCUT2D eigenvalue weighted by molar-refractivity contribution is 4.88. The zero-order valence-electron chi connectivity index (χ0n) is 6.82. The Morgan fingerprint density at radius 3 is 2.91 bits per heavy atom. The van der Waals surface area contributed by atoms with Crippen molar-refractivity contribution in [3.63, 3.8) is 0 Å². The van der Waals surface area contributed by atoms with E-state index < -0.39 is 0 Å². The van der Waals surface area contributed by atoms with Crippen LogP contribution in [0.3, 0.4) is 0 Å². The molecule has 0 bridgehead atoms. The lowest BCUT2D eigenvalue weighted by Gasteiger charge is -2.16. The van der Waals surface area contributed by atoms with Gasteiger partial charge in [-0.15, -0.1) is 0 Å². The Kier molecular flexibility index (Phi) is 2.79. The van der Waals surface area contributed by atoms with Gasteiger partial charge < -0.3 is 9.80 Å². The van der Waals surface area contributed by atoms with Crippen molar-refractivity contribution in [1.29, 1.82) is 5.26 Å². The molecule has 0 unspecified atom stereocenters. The van der Waals surface area contributed by atoms with Crippen LogP contribution in [0, 0.1) is 11.3 Å². The van der Waals surface area contributed by atoms with Gasteiger partial charge in [0.1, 0.15) is 0 Å². The van der Waals surface area contributed by atoms with Crippen molar-refractivity contribution in [2.45, 2.75) is 12.8 Å². The van der Waals surface area contributed by atoms with E-state index in [9.17, 15) is 0 Å². The van der Waals surface area contributed by atoms with Crippen LogP contribution in [-0.4, -0.2) is 30.1 Å². The molecule has 0 aromatic carbocycles. The van der Waals surface area contributed by atoms with E-state index in [0.29, 0.717) is 6.42 Å². The lowest BCUT2D eigenvalue weighted by molar-refractivity contribution is 0.295. The fraction of sp³-hybridized carbons (Fsp3) is 0.625. The van der Waals surface area contributed by atoms with Crippen LogP contribution in [0.1, 0.15) is 12.8 Å². The van der Waals surface area contributed by atoms with Gasteiger partial charge in [-0.25, -0.2) is 0 Å². The Balaban J connectivity index is 2.11. The van der Waals surface area contributed by atoms with Crippen molar-refractivity contribution >= 4 is 0 Å². The molecule has 0 aromatic heterocycles. The van der Waals surface area contributed by atoms with Gasteiger partial charge in [-0.1, -0.05) is 0 Å². The third-order valence-electron chi connectivity index (χ3n) is 1.67. The molecule has 1 aliphatic heterocycles. The van der Waals surface area contributed by atoms with Crippen LogP contribution < -0.4 is 0 Å². The van der Waals surface area contributed by atoms with E-state index in [-0.39, 0.29) is 0 Å². The van der Waals surface area contributed by atoms with Crippen LogP contribution in [0.2, 0.25) is 0 Å². The summed E-state index contributed by atoms with van der Waals surface area (Å²) in [5, 5.41) is 8.30. The predicted molar refractivity (Wildman–Crippen MR) is 43.3 cm³/mol. The van der Waals surface area contributed by atoms with E-state index in [1.54, 1.807) is 0 Å². The summed E-state index contributed by atoms with van der Waals surface area (Å²) in [5.74, 6) is 0. The minimum atomic E-state index is 0.661. The molecule has 3 heteroatoms. The van der Waals surface area contributed by atoms with Crippen molar-refractivity contribution in [1.82, 2.24) is 9.80 Å². The molecular weight excluding hydrogens is 138 g/mol. The van der Waals surface area contributed by atoms with Crippen LogP contribution >= 0.6 is 0 Å². The molecule has 0 amide bonds. The number of hydrogen-bond donors (Lipinski definition) is 0. The van der Waals surface area contributed by atoms with E-state index in [1.165, 1.54) is 0 Å². The van der Waals surface area contributed by atoms with Crippen molar-refractivity contribution in [3.8, 4) is 6.07 Å². The van der Waals surface area contributed by atoms with Crippen molar-refractivity contribution in [2.24, 2.45) is 0 Å². The third-order valence-corrected chi connectivity index (χ3v) is 1.67. The second-order valence-electron chi connectivity index (χ2n) is 2.77. The second kappa shape index (κ2) is 3.87. The van der Waals surface area contributed by atoms with Gasteiger partial charge in [-0.3, -0.25) is 0 Å². The highest BCUT2D eigenvalue weighted by atomic mass is 15.3. The number of rotatable bonds is 3. The molecule has 0 atom stereocenters. The molecule has 0 saturated heterocycles. The summed E-state index contributed by atoms with van der Waals surface area (Å²) < 4.78 is 0. The molecule has 0 N–H and O–H groups in total. The molecule has 0 aromatic rings. The summed E-state index contributed by atoms with van der Waals surface area (Å²) >= 11 is 0. The summed E-state index contributed by atoms with van der Waals surface area (Å²) in [5.41, 5.74) is 0. The number of hydrogen-bond acceptors (Lipinski definition) is 3. The number of unbranched alkanes of at least 4 members (excludes halogenated alkanes) is 1. The summed E-state index contributed by atoms with van der Waals surface area (Å²) in [6.45, 7) is 1.96. The maximum Gasteiger partial charge on any atom is 0.0890 e. The first-order valence-electron chi connectivity index (χ1n) is 3.82. The summed E-state index contributed by atoms with van der Waals surface area (Å²) in [6.07, 6.45) is 5.74. The predicted octanol–water partition coefficient (Wildman–Crippen LogP) is 0.966. The lowest BCUT2D eigenvalue weighted by Crippen LogP contribution is -2.23. The largest absolute Gasteiger partial charge is 0.362 e. The van der Waals surface area contributed by atoms with E-state index in [0.717, 1.165) is 19.6 Å². The molecule has 0 saturated carbocycles. The lowest BCUT2D eigenvalue weighted by atomic mass is 10.3. The normalized spacial score (nSPS) is 15.6. The van der Waals surface area contributed by atoms with Gasteiger partial charge in [-0.05, 0) is 6.42 Å². The minimum Gasteiger partial charge on any atom is -0.362 e. The highest BCUT2D eigenvalue weighted by Gasteiger charge is 2.06. The maximum atomic E-state index is 8.30. The highest BCUT2D eigenvalue weighted by Crippen LogP contribution is 2.04. The van der Waals surface area contributed by atoms with E-state index in [2.05, 4.69) is 22.1 Å². The molecule has 0 radical (unpaired) electrons. The first-order valence-corrected chi connectivity index (χ1v) is 3.82. The first-order chi connectivity index (χ1) is 5.33.